The monoisotopic (exact) mass is 437 g/mol. The standard InChI is InChI=1S/C27H19NO5/c29-25(18-10-4-1-5-11-18)28-22-16-19(26(30)31)17-23-24(22)33-27(32-23,20-12-6-2-7-13-20)21-14-8-3-9-15-21/h1-17H,(H,28,29)(H,30,31). The number of hydrogen-bond acceptors (Lipinski definition) is 4. The number of carboxylic acids is 1. The number of anilines is 1. The lowest BCUT2D eigenvalue weighted by molar-refractivity contribution is -0.0456. The zero-order valence-corrected chi connectivity index (χ0v) is 17.4. The van der Waals surface area contributed by atoms with Gasteiger partial charge in [-0.05, 0) is 24.3 Å². The first-order valence-corrected chi connectivity index (χ1v) is 10.3. The number of hydrogen-bond donors (Lipinski definition) is 2. The average molecular weight is 437 g/mol. The van der Waals surface area contributed by atoms with E-state index in [1.54, 1.807) is 24.3 Å². The Labute approximate surface area is 190 Å². The first kappa shape index (κ1) is 20.3. The van der Waals surface area contributed by atoms with Gasteiger partial charge in [-0.15, -0.1) is 0 Å². The lowest BCUT2D eigenvalue weighted by atomic mass is 9.97. The van der Waals surface area contributed by atoms with Gasteiger partial charge in [-0.2, -0.15) is 0 Å². The molecule has 4 aromatic carbocycles. The summed E-state index contributed by atoms with van der Waals surface area (Å²) in [4.78, 5) is 24.6. The average Bonchev–Trinajstić information content (AvgIpc) is 3.27. The highest BCUT2D eigenvalue weighted by molar-refractivity contribution is 6.06. The second-order valence-corrected chi connectivity index (χ2v) is 7.53. The number of benzene rings is 4. The van der Waals surface area contributed by atoms with Crippen LogP contribution in [0.25, 0.3) is 0 Å². The molecule has 0 aromatic heterocycles. The smallest absolute Gasteiger partial charge is 0.335 e. The molecule has 5 rings (SSSR count). The van der Waals surface area contributed by atoms with Crippen molar-refractivity contribution in [3.63, 3.8) is 0 Å². The lowest BCUT2D eigenvalue weighted by Crippen LogP contribution is -2.36. The molecule has 1 amide bonds. The molecule has 6 nitrogen and oxygen atoms in total. The van der Waals surface area contributed by atoms with Crippen molar-refractivity contribution >= 4 is 17.6 Å². The van der Waals surface area contributed by atoms with Gasteiger partial charge >= 0.3 is 11.8 Å². The molecular formula is C27H19NO5. The van der Waals surface area contributed by atoms with E-state index in [9.17, 15) is 14.7 Å². The van der Waals surface area contributed by atoms with Gasteiger partial charge in [0.25, 0.3) is 5.91 Å². The predicted octanol–water partition coefficient (Wildman–Crippen LogP) is 5.31. The molecule has 1 aliphatic heterocycles. The van der Waals surface area contributed by atoms with Crippen molar-refractivity contribution in [3.8, 4) is 11.5 Å². The molecule has 0 spiro atoms. The van der Waals surface area contributed by atoms with Crippen LogP contribution in [0.2, 0.25) is 0 Å². The van der Waals surface area contributed by atoms with Crippen LogP contribution in [-0.4, -0.2) is 17.0 Å². The van der Waals surface area contributed by atoms with Gasteiger partial charge in [0.15, 0.2) is 11.5 Å². The number of nitrogens with one attached hydrogen (secondary N) is 1. The van der Waals surface area contributed by atoms with Crippen LogP contribution < -0.4 is 14.8 Å². The highest BCUT2D eigenvalue weighted by Gasteiger charge is 2.46. The molecule has 0 saturated heterocycles. The second kappa shape index (κ2) is 8.16. The van der Waals surface area contributed by atoms with Crippen LogP contribution in [-0.2, 0) is 5.79 Å². The normalized spacial score (nSPS) is 13.3. The van der Waals surface area contributed by atoms with Gasteiger partial charge in [-0.25, -0.2) is 4.79 Å². The molecule has 1 heterocycles. The van der Waals surface area contributed by atoms with Gasteiger partial charge in [-0.3, -0.25) is 4.79 Å². The molecular weight excluding hydrogens is 418 g/mol. The molecule has 4 aromatic rings. The fourth-order valence-corrected chi connectivity index (χ4v) is 3.82. The number of carboxylic acid groups (broad SMARTS) is 1. The minimum atomic E-state index is -1.34. The van der Waals surface area contributed by atoms with Crippen molar-refractivity contribution in [2.45, 2.75) is 5.79 Å². The number of carbonyl (C=O) groups excluding carboxylic acids is 1. The Morgan fingerprint density at radius 1 is 0.697 bits per heavy atom. The zero-order valence-electron chi connectivity index (χ0n) is 17.4. The summed E-state index contributed by atoms with van der Waals surface area (Å²) >= 11 is 0. The Balaban J connectivity index is 1.63. The summed E-state index contributed by atoms with van der Waals surface area (Å²) in [6.07, 6.45) is 0. The molecule has 0 saturated carbocycles. The summed E-state index contributed by atoms with van der Waals surface area (Å²) in [5, 5.41) is 12.4. The minimum Gasteiger partial charge on any atom is -0.478 e. The van der Waals surface area contributed by atoms with Crippen LogP contribution >= 0.6 is 0 Å². The summed E-state index contributed by atoms with van der Waals surface area (Å²) < 4.78 is 12.8. The summed E-state index contributed by atoms with van der Waals surface area (Å²) in [6.45, 7) is 0. The van der Waals surface area contributed by atoms with Crippen molar-refractivity contribution in [1.29, 1.82) is 0 Å². The molecule has 0 unspecified atom stereocenters. The van der Waals surface area contributed by atoms with E-state index in [0.717, 1.165) is 11.1 Å². The number of fused-ring (bicyclic) bond motifs is 1. The molecule has 0 aliphatic carbocycles. The molecule has 1 aliphatic rings. The number of carbonyl (C=O) groups is 2. The molecule has 0 fully saturated rings. The zero-order chi connectivity index (χ0) is 22.8. The Morgan fingerprint density at radius 3 is 1.79 bits per heavy atom. The first-order chi connectivity index (χ1) is 16.1. The van der Waals surface area contributed by atoms with Crippen molar-refractivity contribution in [2.24, 2.45) is 0 Å². The number of amides is 1. The maximum atomic E-state index is 12.8. The van der Waals surface area contributed by atoms with Crippen molar-refractivity contribution in [3.05, 3.63) is 125 Å². The minimum absolute atomic E-state index is 0.0300. The van der Waals surface area contributed by atoms with Crippen LogP contribution in [0.4, 0.5) is 5.69 Å². The molecule has 0 radical (unpaired) electrons. The van der Waals surface area contributed by atoms with Gasteiger partial charge < -0.3 is 19.9 Å². The highest BCUT2D eigenvalue weighted by Crippen LogP contribution is 2.51. The topological polar surface area (TPSA) is 84.9 Å². The quantitative estimate of drug-likeness (QED) is 0.442. The SMILES string of the molecule is O=C(O)c1cc(NC(=O)c2ccccc2)c2c(c1)OC(c1ccccc1)(c1ccccc1)O2. The molecule has 6 heteroatoms. The Bertz CT molecular complexity index is 1280. The first-order valence-electron chi connectivity index (χ1n) is 10.3. The summed E-state index contributed by atoms with van der Waals surface area (Å²) in [6, 6.07) is 30.2. The summed E-state index contributed by atoms with van der Waals surface area (Å²) in [5.41, 5.74) is 2.07. The Morgan fingerprint density at radius 2 is 1.24 bits per heavy atom. The van der Waals surface area contributed by atoms with E-state index >= 15 is 0 Å². The van der Waals surface area contributed by atoms with E-state index < -0.39 is 11.8 Å². The van der Waals surface area contributed by atoms with Gasteiger partial charge in [0, 0.05) is 16.7 Å². The highest BCUT2D eigenvalue weighted by atomic mass is 16.7. The summed E-state index contributed by atoms with van der Waals surface area (Å²) in [5.74, 6) is -2.38. The number of rotatable bonds is 5. The molecule has 33 heavy (non-hydrogen) atoms. The van der Waals surface area contributed by atoms with E-state index in [2.05, 4.69) is 5.32 Å². The van der Waals surface area contributed by atoms with Crippen LogP contribution in [0.5, 0.6) is 11.5 Å². The second-order valence-electron chi connectivity index (χ2n) is 7.53. The Hall–Kier alpha value is -4.58. The lowest BCUT2D eigenvalue weighted by Gasteiger charge is -2.28. The third-order valence-electron chi connectivity index (χ3n) is 5.39. The summed E-state index contributed by atoms with van der Waals surface area (Å²) in [7, 11) is 0. The van der Waals surface area contributed by atoms with E-state index in [1.165, 1.54) is 12.1 Å². The van der Waals surface area contributed by atoms with Crippen molar-refractivity contribution in [1.82, 2.24) is 0 Å². The molecule has 2 N–H and O–H groups in total. The maximum Gasteiger partial charge on any atom is 0.335 e. The number of ether oxygens (including phenoxy) is 2. The third kappa shape index (κ3) is 3.68. The van der Waals surface area contributed by atoms with E-state index in [1.807, 2.05) is 66.7 Å². The fourth-order valence-electron chi connectivity index (χ4n) is 3.82. The predicted molar refractivity (Wildman–Crippen MR) is 123 cm³/mol. The Kier molecular flexibility index (Phi) is 5.03. The maximum absolute atomic E-state index is 12.8. The van der Waals surface area contributed by atoms with Crippen LogP contribution in [0.3, 0.4) is 0 Å². The van der Waals surface area contributed by atoms with E-state index in [4.69, 9.17) is 9.47 Å². The molecule has 0 bridgehead atoms. The molecule has 162 valence electrons. The number of aromatic carboxylic acids is 1. The van der Waals surface area contributed by atoms with Crippen LogP contribution in [0, 0.1) is 0 Å². The van der Waals surface area contributed by atoms with Crippen LogP contribution in [0.1, 0.15) is 31.8 Å². The van der Waals surface area contributed by atoms with E-state index in [-0.39, 0.29) is 28.7 Å². The van der Waals surface area contributed by atoms with Gasteiger partial charge in [0.1, 0.15) is 0 Å². The van der Waals surface area contributed by atoms with Gasteiger partial charge in [0.2, 0.25) is 0 Å². The fraction of sp³-hybridized carbons (Fsp3) is 0.0370. The van der Waals surface area contributed by atoms with E-state index in [0.29, 0.717) is 5.56 Å². The van der Waals surface area contributed by atoms with Gasteiger partial charge in [0.05, 0.1) is 11.3 Å². The third-order valence-corrected chi connectivity index (χ3v) is 5.39. The molecule has 0 atom stereocenters. The largest absolute Gasteiger partial charge is 0.478 e. The van der Waals surface area contributed by atoms with Gasteiger partial charge in [-0.1, -0.05) is 78.9 Å². The van der Waals surface area contributed by atoms with Crippen molar-refractivity contribution in [2.75, 3.05) is 5.32 Å². The van der Waals surface area contributed by atoms with Crippen LogP contribution in [0.15, 0.2) is 103 Å². The van der Waals surface area contributed by atoms with Crippen molar-refractivity contribution < 1.29 is 24.2 Å².